The molecule has 2 rings (SSSR count). The molecule has 1 N–H and O–H groups in total. The molecule has 4 nitrogen and oxygen atoms in total. The van der Waals surface area contributed by atoms with E-state index >= 15 is 0 Å². The highest BCUT2D eigenvalue weighted by atomic mass is 35.5. The zero-order chi connectivity index (χ0) is 18.9. The first kappa shape index (κ1) is 20.0. The molecular weight excluding hydrogens is 348 g/mol. The number of amides is 2. The number of nitrogens with one attached hydrogen (secondary N) is 1. The molecule has 0 fully saturated rings. The summed E-state index contributed by atoms with van der Waals surface area (Å²) >= 11 is 5.88. The van der Waals surface area contributed by atoms with Crippen molar-refractivity contribution in [3.8, 4) is 0 Å². The van der Waals surface area contributed by atoms with E-state index in [0.717, 1.165) is 12.0 Å². The number of nitrogens with zero attached hydrogens (tertiary/aromatic N) is 1. The minimum atomic E-state index is -0.0765. The maximum Gasteiger partial charge on any atom is 0.253 e. The second-order valence-electron chi connectivity index (χ2n) is 6.25. The molecule has 1 atom stereocenters. The van der Waals surface area contributed by atoms with Crippen molar-refractivity contribution in [1.29, 1.82) is 0 Å². The number of carbonyl (C=O) groups excluding carboxylic acids is 2. The summed E-state index contributed by atoms with van der Waals surface area (Å²) in [5.74, 6) is -0.140. The minimum Gasteiger partial charge on any atom is -0.350 e. The number of hydrogen-bond donors (Lipinski definition) is 1. The summed E-state index contributed by atoms with van der Waals surface area (Å²) < 4.78 is 0. The van der Waals surface area contributed by atoms with Gasteiger partial charge in [0, 0.05) is 30.1 Å². The second-order valence-corrected chi connectivity index (χ2v) is 6.69. The summed E-state index contributed by atoms with van der Waals surface area (Å²) in [6.45, 7) is 4.97. The lowest BCUT2D eigenvalue weighted by molar-refractivity contribution is -0.121. The van der Waals surface area contributed by atoms with Crippen molar-refractivity contribution in [2.24, 2.45) is 0 Å². The average molecular weight is 373 g/mol. The van der Waals surface area contributed by atoms with Crippen LogP contribution in [0.15, 0.2) is 54.6 Å². The van der Waals surface area contributed by atoms with Gasteiger partial charge in [-0.25, -0.2) is 0 Å². The predicted molar refractivity (Wildman–Crippen MR) is 105 cm³/mol. The van der Waals surface area contributed by atoms with Crippen molar-refractivity contribution in [2.75, 3.05) is 13.1 Å². The van der Waals surface area contributed by atoms with Crippen LogP contribution >= 0.6 is 11.6 Å². The molecule has 2 aromatic carbocycles. The van der Waals surface area contributed by atoms with Gasteiger partial charge in [-0.15, -0.1) is 0 Å². The molecule has 0 aromatic heterocycles. The highest BCUT2D eigenvalue weighted by Gasteiger charge is 2.17. The van der Waals surface area contributed by atoms with Crippen LogP contribution in [0.4, 0.5) is 0 Å². The topological polar surface area (TPSA) is 49.4 Å². The van der Waals surface area contributed by atoms with Crippen LogP contribution in [0.5, 0.6) is 0 Å². The Morgan fingerprint density at radius 3 is 2.31 bits per heavy atom. The van der Waals surface area contributed by atoms with Gasteiger partial charge < -0.3 is 10.2 Å². The van der Waals surface area contributed by atoms with E-state index in [1.54, 1.807) is 29.2 Å². The summed E-state index contributed by atoms with van der Waals surface area (Å²) in [5, 5.41) is 3.58. The van der Waals surface area contributed by atoms with Gasteiger partial charge in [-0.3, -0.25) is 9.59 Å². The van der Waals surface area contributed by atoms with E-state index in [9.17, 15) is 9.59 Å². The van der Waals surface area contributed by atoms with Crippen molar-refractivity contribution in [3.05, 3.63) is 70.7 Å². The lowest BCUT2D eigenvalue weighted by Crippen LogP contribution is -2.36. The molecule has 0 radical (unpaired) electrons. The van der Waals surface area contributed by atoms with E-state index < -0.39 is 0 Å². The molecule has 5 heteroatoms. The van der Waals surface area contributed by atoms with Crippen molar-refractivity contribution < 1.29 is 9.59 Å². The Morgan fingerprint density at radius 2 is 1.69 bits per heavy atom. The van der Waals surface area contributed by atoms with Gasteiger partial charge in [0.1, 0.15) is 0 Å². The molecule has 2 amide bonds. The molecule has 0 spiro atoms. The smallest absolute Gasteiger partial charge is 0.253 e. The first-order chi connectivity index (χ1) is 12.5. The fourth-order valence-corrected chi connectivity index (χ4v) is 2.86. The Balaban J connectivity index is 1.92. The van der Waals surface area contributed by atoms with Crippen LogP contribution in [0.25, 0.3) is 0 Å². The van der Waals surface area contributed by atoms with Crippen LogP contribution in [-0.2, 0) is 4.79 Å². The Morgan fingerprint density at radius 1 is 1.04 bits per heavy atom. The summed E-state index contributed by atoms with van der Waals surface area (Å²) in [6.07, 6.45) is 1.11. The van der Waals surface area contributed by atoms with Crippen LogP contribution in [0.1, 0.15) is 48.7 Å². The van der Waals surface area contributed by atoms with E-state index in [-0.39, 0.29) is 24.3 Å². The lowest BCUT2D eigenvalue weighted by Gasteiger charge is -2.23. The molecular formula is C21H25ClN2O2. The van der Waals surface area contributed by atoms with Crippen LogP contribution in [0.3, 0.4) is 0 Å². The van der Waals surface area contributed by atoms with Gasteiger partial charge in [0.05, 0.1) is 6.04 Å². The van der Waals surface area contributed by atoms with Crippen molar-refractivity contribution in [2.45, 2.75) is 32.7 Å². The predicted octanol–water partition coefficient (Wildman–Crippen LogP) is 4.46. The van der Waals surface area contributed by atoms with Gasteiger partial charge in [-0.2, -0.15) is 0 Å². The van der Waals surface area contributed by atoms with Crippen molar-refractivity contribution in [1.82, 2.24) is 10.2 Å². The molecule has 0 aliphatic rings. The van der Waals surface area contributed by atoms with Gasteiger partial charge in [-0.05, 0) is 43.2 Å². The lowest BCUT2D eigenvalue weighted by atomic mass is 10.1. The Bertz CT molecular complexity index is 717. The molecule has 0 aliphatic carbocycles. The molecule has 0 saturated heterocycles. The van der Waals surface area contributed by atoms with E-state index in [2.05, 4.69) is 5.32 Å². The molecule has 2 aromatic rings. The largest absolute Gasteiger partial charge is 0.350 e. The van der Waals surface area contributed by atoms with Gasteiger partial charge >= 0.3 is 0 Å². The number of hydrogen-bond acceptors (Lipinski definition) is 2. The van der Waals surface area contributed by atoms with Crippen LogP contribution in [-0.4, -0.2) is 29.8 Å². The minimum absolute atomic E-state index is 0.0599. The number of benzene rings is 2. The molecule has 1 unspecified atom stereocenters. The van der Waals surface area contributed by atoms with Gasteiger partial charge in [0.15, 0.2) is 0 Å². The molecule has 0 heterocycles. The average Bonchev–Trinajstić information content (AvgIpc) is 2.66. The maximum atomic E-state index is 12.7. The third-order valence-electron chi connectivity index (χ3n) is 4.16. The maximum absolute atomic E-state index is 12.7. The first-order valence-corrected chi connectivity index (χ1v) is 9.28. The van der Waals surface area contributed by atoms with Crippen LogP contribution in [0, 0.1) is 0 Å². The molecule has 0 saturated carbocycles. The fraction of sp³-hybridized carbons (Fsp3) is 0.333. The summed E-state index contributed by atoms with van der Waals surface area (Å²) in [5.41, 5.74) is 1.64. The zero-order valence-electron chi connectivity index (χ0n) is 15.2. The quantitative estimate of drug-likeness (QED) is 0.743. The first-order valence-electron chi connectivity index (χ1n) is 8.90. The van der Waals surface area contributed by atoms with Crippen LogP contribution < -0.4 is 5.32 Å². The summed E-state index contributed by atoms with van der Waals surface area (Å²) in [4.78, 5) is 26.6. The van der Waals surface area contributed by atoms with E-state index in [1.807, 2.05) is 44.2 Å². The highest BCUT2D eigenvalue weighted by Crippen LogP contribution is 2.13. The molecule has 138 valence electrons. The molecule has 26 heavy (non-hydrogen) atoms. The summed E-state index contributed by atoms with van der Waals surface area (Å²) in [6, 6.07) is 16.6. The number of rotatable bonds is 8. The van der Waals surface area contributed by atoms with Gasteiger partial charge in [0.25, 0.3) is 5.91 Å². The number of halogens is 1. The van der Waals surface area contributed by atoms with Gasteiger partial charge in [0.2, 0.25) is 5.91 Å². The summed E-state index contributed by atoms with van der Waals surface area (Å²) in [7, 11) is 0. The van der Waals surface area contributed by atoms with E-state index in [1.165, 1.54) is 0 Å². The van der Waals surface area contributed by atoms with Crippen molar-refractivity contribution in [3.63, 3.8) is 0 Å². The standard InChI is InChI=1S/C21H25ClN2O2/c1-3-14-24(21(26)18-9-11-19(22)12-10-18)15-13-20(25)23-16(2)17-7-5-4-6-8-17/h4-12,16H,3,13-15H2,1-2H3,(H,23,25). The highest BCUT2D eigenvalue weighted by molar-refractivity contribution is 6.30. The SMILES string of the molecule is CCCN(CCC(=O)NC(C)c1ccccc1)C(=O)c1ccc(Cl)cc1. The van der Waals surface area contributed by atoms with E-state index in [0.29, 0.717) is 23.7 Å². The monoisotopic (exact) mass is 372 g/mol. The third kappa shape index (κ3) is 5.88. The second kappa shape index (κ2) is 9.97. The molecule has 0 aliphatic heterocycles. The Kier molecular flexibility index (Phi) is 7.67. The van der Waals surface area contributed by atoms with Gasteiger partial charge in [-0.1, -0.05) is 48.9 Å². The zero-order valence-corrected chi connectivity index (χ0v) is 16.0. The Labute approximate surface area is 160 Å². The number of carbonyl (C=O) groups is 2. The third-order valence-corrected chi connectivity index (χ3v) is 4.41. The van der Waals surface area contributed by atoms with Crippen molar-refractivity contribution >= 4 is 23.4 Å². The normalized spacial score (nSPS) is 11.7. The van der Waals surface area contributed by atoms with Crippen LogP contribution in [0.2, 0.25) is 5.02 Å². The fourth-order valence-electron chi connectivity index (χ4n) is 2.74. The van der Waals surface area contributed by atoms with E-state index in [4.69, 9.17) is 11.6 Å². The Hall–Kier alpha value is -2.33. The molecule has 0 bridgehead atoms.